The smallest absolute Gasteiger partial charge is 0.224 e. The maximum atomic E-state index is 13.8. The van der Waals surface area contributed by atoms with Gasteiger partial charge in [0.2, 0.25) is 5.88 Å². The Morgan fingerprint density at radius 1 is 1.32 bits per heavy atom. The van der Waals surface area contributed by atoms with Crippen molar-refractivity contribution in [3.63, 3.8) is 0 Å². The normalized spacial score (nSPS) is 12.2. The van der Waals surface area contributed by atoms with Gasteiger partial charge < -0.3 is 10.1 Å². The van der Waals surface area contributed by atoms with Crippen LogP contribution in [0.15, 0.2) is 36.5 Å². The van der Waals surface area contributed by atoms with Gasteiger partial charge in [-0.25, -0.2) is 9.37 Å². The molecule has 1 aromatic carbocycles. The van der Waals surface area contributed by atoms with Gasteiger partial charge in [-0.3, -0.25) is 0 Å². The minimum Gasteiger partial charge on any atom is -0.436 e. The van der Waals surface area contributed by atoms with Crippen molar-refractivity contribution in [2.45, 2.75) is 13.0 Å². The molecule has 2 rings (SSSR count). The molecule has 1 unspecified atom stereocenters. The first-order valence-electron chi connectivity index (χ1n) is 5.87. The van der Waals surface area contributed by atoms with E-state index < -0.39 is 5.82 Å². The van der Waals surface area contributed by atoms with Gasteiger partial charge in [-0.05, 0) is 32.2 Å². The molecule has 0 aliphatic heterocycles. The molecule has 0 radical (unpaired) electrons. The van der Waals surface area contributed by atoms with Gasteiger partial charge in [0.25, 0.3) is 0 Å². The van der Waals surface area contributed by atoms with Crippen molar-refractivity contribution >= 4 is 11.6 Å². The van der Waals surface area contributed by atoms with Crippen LogP contribution in [-0.2, 0) is 0 Å². The summed E-state index contributed by atoms with van der Waals surface area (Å²) in [4.78, 5) is 4.14. The lowest BCUT2D eigenvalue weighted by Crippen LogP contribution is -2.13. The lowest BCUT2D eigenvalue weighted by atomic mass is 10.1. The van der Waals surface area contributed by atoms with Crippen molar-refractivity contribution in [2.24, 2.45) is 0 Å². The number of benzene rings is 1. The van der Waals surface area contributed by atoms with Gasteiger partial charge in [0.05, 0.1) is 5.02 Å². The molecule has 0 bridgehead atoms. The predicted molar refractivity (Wildman–Crippen MR) is 73.2 cm³/mol. The monoisotopic (exact) mass is 280 g/mol. The molecule has 3 nitrogen and oxygen atoms in total. The number of nitrogens with one attached hydrogen (secondary N) is 1. The first-order chi connectivity index (χ1) is 9.13. The van der Waals surface area contributed by atoms with Crippen LogP contribution in [0.2, 0.25) is 5.02 Å². The highest BCUT2D eigenvalue weighted by molar-refractivity contribution is 6.30. The van der Waals surface area contributed by atoms with Gasteiger partial charge in [0.15, 0.2) is 11.6 Å². The summed E-state index contributed by atoms with van der Waals surface area (Å²) in [6.07, 6.45) is 1.60. The second-order valence-electron chi connectivity index (χ2n) is 4.06. The molecule has 0 aliphatic rings. The third-order valence-corrected chi connectivity index (χ3v) is 3.11. The third-order valence-electron chi connectivity index (χ3n) is 2.82. The quantitative estimate of drug-likeness (QED) is 0.921. The van der Waals surface area contributed by atoms with Crippen molar-refractivity contribution in [3.8, 4) is 11.6 Å². The summed E-state index contributed by atoms with van der Waals surface area (Å²) in [5.41, 5.74) is 0.851. The predicted octanol–water partition coefficient (Wildman–Crippen LogP) is 3.95. The van der Waals surface area contributed by atoms with E-state index in [-0.39, 0.29) is 16.8 Å². The van der Waals surface area contributed by atoms with Crippen LogP contribution in [0, 0.1) is 5.82 Å². The van der Waals surface area contributed by atoms with E-state index in [0.717, 1.165) is 5.56 Å². The van der Waals surface area contributed by atoms with E-state index in [1.165, 1.54) is 12.1 Å². The van der Waals surface area contributed by atoms with E-state index in [0.29, 0.717) is 5.88 Å². The zero-order chi connectivity index (χ0) is 13.8. The fourth-order valence-corrected chi connectivity index (χ4v) is 1.81. The Labute approximate surface area is 116 Å². The maximum absolute atomic E-state index is 13.8. The van der Waals surface area contributed by atoms with Crippen molar-refractivity contribution in [2.75, 3.05) is 7.05 Å². The molecular formula is C14H14ClFN2O. The number of rotatable bonds is 4. The minimum atomic E-state index is -0.585. The Hall–Kier alpha value is -1.65. The lowest BCUT2D eigenvalue weighted by molar-refractivity contribution is 0.416. The van der Waals surface area contributed by atoms with Crippen LogP contribution >= 0.6 is 11.6 Å². The Bertz CT molecular complexity index is 577. The number of halogens is 2. The molecule has 0 fully saturated rings. The number of ether oxygens (including phenoxy) is 1. The number of hydrogen-bond donors (Lipinski definition) is 1. The van der Waals surface area contributed by atoms with E-state index in [2.05, 4.69) is 10.3 Å². The van der Waals surface area contributed by atoms with E-state index >= 15 is 0 Å². The molecule has 5 heteroatoms. The second kappa shape index (κ2) is 5.99. The Morgan fingerprint density at radius 3 is 2.84 bits per heavy atom. The van der Waals surface area contributed by atoms with Crippen molar-refractivity contribution in [1.82, 2.24) is 10.3 Å². The summed E-state index contributed by atoms with van der Waals surface area (Å²) in [7, 11) is 1.83. The molecule has 1 N–H and O–H groups in total. The largest absolute Gasteiger partial charge is 0.436 e. The highest BCUT2D eigenvalue weighted by Crippen LogP contribution is 2.31. The Balaban J connectivity index is 2.36. The molecule has 0 spiro atoms. The van der Waals surface area contributed by atoms with Gasteiger partial charge >= 0.3 is 0 Å². The molecule has 2 aromatic rings. The van der Waals surface area contributed by atoms with Crippen LogP contribution in [0.3, 0.4) is 0 Å². The van der Waals surface area contributed by atoms with Gasteiger partial charge in [-0.1, -0.05) is 23.7 Å². The number of nitrogens with zero attached hydrogens (tertiary/aromatic N) is 1. The topological polar surface area (TPSA) is 34.2 Å². The third kappa shape index (κ3) is 3.03. The maximum Gasteiger partial charge on any atom is 0.224 e. The first-order valence-corrected chi connectivity index (χ1v) is 6.25. The van der Waals surface area contributed by atoms with Crippen LogP contribution in [0.1, 0.15) is 18.5 Å². The van der Waals surface area contributed by atoms with E-state index in [1.807, 2.05) is 26.1 Å². The zero-order valence-corrected chi connectivity index (χ0v) is 11.4. The average molecular weight is 281 g/mol. The number of hydrogen-bond acceptors (Lipinski definition) is 3. The number of aromatic nitrogens is 1. The lowest BCUT2D eigenvalue weighted by Gasteiger charge is -2.15. The first kappa shape index (κ1) is 13.8. The van der Waals surface area contributed by atoms with Gasteiger partial charge in [-0.2, -0.15) is 0 Å². The van der Waals surface area contributed by atoms with Crippen LogP contribution in [-0.4, -0.2) is 12.0 Å². The van der Waals surface area contributed by atoms with E-state index in [4.69, 9.17) is 16.3 Å². The van der Waals surface area contributed by atoms with Gasteiger partial charge in [-0.15, -0.1) is 0 Å². The van der Waals surface area contributed by atoms with Gasteiger partial charge in [0.1, 0.15) is 0 Å². The highest BCUT2D eigenvalue weighted by Gasteiger charge is 2.14. The number of pyridine rings is 1. The Morgan fingerprint density at radius 2 is 2.11 bits per heavy atom. The van der Waals surface area contributed by atoms with Crippen molar-refractivity contribution in [3.05, 3.63) is 52.9 Å². The van der Waals surface area contributed by atoms with Crippen LogP contribution in [0.25, 0.3) is 0 Å². The fraction of sp³-hybridized carbons (Fsp3) is 0.214. The summed E-state index contributed by atoms with van der Waals surface area (Å²) in [5.74, 6) is -0.154. The SMILES string of the molecule is CNC(C)c1cccnc1Oc1cccc(Cl)c1F. The van der Waals surface area contributed by atoms with Gasteiger partial charge in [0, 0.05) is 17.8 Å². The molecule has 100 valence electrons. The molecule has 1 aromatic heterocycles. The highest BCUT2D eigenvalue weighted by atomic mass is 35.5. The summed E-state index contributed by atoms with van der Waals surface area (Å²) in [5, 5.41) is 3.12. The summed E-state index contributed by atoms with van der Waals surface area (Å²) in [6.45, 7) is 1.97. The summed E-state index contributed by atoms with van der Waals surface area (Å²) < 4.78 is 19.3. The molecule has 1 atom stereocenters. The zero-order valence-electron chi connectivity index (χ0n) is 10.7. The minimum absolute atomic E-state index is 0.0247. The molecule has 0 saturated heterocycles. The van der Waals surface area contributed by atoms with Crippen LogP contribution in [0.4, 0.5) is 4.39 Å². The van der Waals surface area contributed by atoms with E-state index in [1.54, 1.807) is 12.3 Å². The van der Waals surface area contributed by atoms with Crippen LogP contribution in [0.5, 0.6) is 11.6 Å². The Kier molecular flexibility index (Phi) is 4.35. The molecule has 1 heterocycles. The van der Waals surface area contributed by atoms with E-state index in [9.17, 15) is 4.39 Å². The average Bonchev–Trinajstić information content (AvgIpc) is 2.43. The summed E-state index contributed by atoms with van der Waals surface area (Å²) in [6, 6.07) is 8.36. The molecule has 0 amide bonds. The molecule has 0 aliphatic carbocycles. The standard InChI is InChI=1S/C14H14ClFN2O/c1-9(17-2)10-5-4-8-18-14(10)19-12-7-3-6-11(15)13(12)16/h3-9,17H,1-2H3. The molecule has 19 heavy (non-hydrogen) atoms. The second-order valence-corrected chi connectivity index (χ2v) is 4.47. The van der Waals surface area contributed by atoms with Crippen molar-refractivity contribution in [1.29, 1.82) is 0 Å². The van der Waals surface area contributed by atoms with Crippen molar-refractivity contribution < 1.29 is 9.13 Å². The summed E-state index contributed by atoms with van der Waals surface area (Å²) >= 11 is 5.72. The molecular weight excluding hydrogens is 267 g/mol. The molecule has 0 saturated carbocycles. The fourth-order valence-electron chi connectivity index (χ4n) is 1.64. The van der Waals surface area contributed by atoms with Crippen LogP contribution < -0.4 is 10.1 Å².